The molecule has 2 saturated heterocycles. The Kier molecular flexibility index (Phi) is 2.70. The molecular weight excluding hydrogens is 252 g/mol. The second-order valence-corrected chi connectivity index (χ2v) is 6.59. The Balaban J connectivity index is 2.18. The van der Waals surface area contributed by atoms with Gasteiger partial charge in [0, 0.05) is 0 Å². The minimum absolute atomic E-state index is 0.0212. The average Bonchev–Trinajstić information content (AvgIpc) is 2.44. The fourth-order valence-corrected chi connectivity index (χ4v) is 4.09. The van der Waals surface area contributed by atoms with Gasteiger partial charge in [-0.1, -0.05) is 0 Å². The Morgan fingerprint density at radius 1 is 1.19 bits per heavy atom. The molecule has 2 rings (SSSR count). The predicted molar refractivity (Wildman–Crippen MR) is 59.1 cm³/mol. The summed E-state index contributed by atoms with van der Waals surface area (Å²) < 4.78 is 22.5. The van der Waals surface area contributed by atoms with Gasteiger partial charge in [-0.05, 0) is 24.6 Å². The predicted octanol–water partition coefficient (Wildman–Crippen LogP) is -1.43. The number of carbonyl (C=O) groups excluding carboxylic acids is 2. The Bertz CT molecular complexity index is 450. The molecule has 6 nitrogen and oxygen atoms in total. The van der Waals surface area contributed by atoms with E-state index in [0.717, 1.165) is 0 Å². The number of nitrogens with one attached hydrogen (secondary N) is 2. The van der Waals surface area contributed by atoms with Gasteiger partial charge in [-0.2, -0.15) is 0 Å². The number of rotatable bonds is 1. The molecule has 0 aromatic heterocycles. The third kappa shape index (κ3) is 2.07. The molecule has 0 aromatic carbocycles. The van der Waals surface area contributed by atoms with Crippen LogP contribution in [-0.4, -0.2) is 36.9 Å². The standard InChI is InChI=1S/C8H10N2O4S2/c11-6-5(7(12)10-8(15)9-6)4-1-2-16(13,14)3-4/h4-5H,1-3H2,(H2,9,10,11,12,15)/t4-/m1/s1. The van der Waals surface area contributed by atoms with Crippen LogP contribution in [0, 0.1) is 11.8 Å². The first kappa shape index (κ1) is 11.5. The highest BCUT2D eigenvalue weighted by Gasteiger charge is 2.43. The molecule has 1 atom stereocenters. The lowest BCUT2D eigenvalue weighted by atomic mass is 9.89. The quantitative estimate of drug-likeness (QED) is 0.446. The van der Waals surface area contributed by atoms with Gasteiger partial charge >= 0.3 is 0 Å². The lowest BCUT2D eigenvalue weighted by Crippen LogP contribution is -2.57. The second kappa shape index (κ2) is 3.77. The number of amides is 2. The summed E-state index contributed by atoms with van der Waals surface area (Å²) in [6.07, 6.45) is 0.348. The maximum Gasteiger partial charge on any atom is 0.239 e. The summed E-state index contributed by atoms with van der Waals surface area (Å²) in [5.74, 6) is -2.45. The molecule has 2 aliphatic rings. The number of hydrogen-bond acceptors (Lipinski definition) is 5. The number of sulfone groups is 1. The monoisotopic (exact) mass is 262 g/mol. The van der Waals surface area contributed by atoms with Gasteiger partial charge in [-0.25, -0.2) is 8.42 Å². The van der Waals surface area contributed by atoms with Crippen molar-refractivity contribution in [1.29, 1.82) is 0 Å². The minimum atomic E-state index is -3.10. The van der Waals surface area contributed by atoms with E-state index in [2.05, 4.69) is 22.9 Å². The maximum atomic E-state index is 11.6. The molecule has 88 valence electrons. The van der Waals surface area contributed by atoms with Gasteiger partial charge in [0.15, 0.2) is 14.9 Å². The first-order valence-electron chi connectivity index (χ1n) is 4.75. The van der Waals surface area contributed by atoms with Crippen LogP contribution in [0.4, 0.5) is 0 Å². The lowest BCUT2D eigenvalue weighted by Gasteiger charge is -2.25. The molecule has 2 aliphatic heterocycles. The molecule has 0 unspecified atom stereocenters. The molecule has 0 aliphatic carbocycles. The highest BCUT2D eigenvalue weighted by Crippen LogP contribution is 2.27. The van der Waals surface area contributed by atoms with Crippen LogP contribution < -0.4 is 10.6 Å². The summed E-state index contributed by atoms with van der Waals surface area (Å²) in [4.78, 5) is 23.1. The van der Waals surface area contributed by atoms with Crippen molar-refractivity contribution in [1.82, 2.24) is 10.6 Å². The fraction of sp³-hybridized carbons (Fsp3) is 0.625. The molecule has 2 heterocycles. The molecule has 0 spiro atoms. The zero-order valence-electron chi connectivity index (χ0n) is 8.23. The van der Waals surface area contributed by atoms with Crippen LogP contribution in [0.1, 0.15) is 6.42 Å². The molecule has 2 fully saturated rings. The Morgan fingerprint density at radius 2 is 1.75 bits per heavy atom. The first-order valence-corrected chi connectivity index (χ1v) is 6.98. The highest BCUT2D eigenvalue weighted by molar-refractivity contribution is 7.91. The number of carbonyl (C=O) groups is 2. The summed E-state index contributed by atoms with van der Waals surface area (Å²) in [6, 6.07) is 0. The van der Waals surface area contributed by atoms with Crippen LogP contribution in [0.5, 0.6) is 0 Å². The van der Waals surface area contributed by atoms with Crippen LogP contribution in [-0.2, 0) is 19.4 Å². The Morgan fingerprint density at radius 3 is 2.19 bits per heavy atom. The van der Waals surface area contributed by atoms with Gasteiger partial charge in [0.25, 0.3) is 0 Å². The number of thiocarbonyl (C=S) groups is 1. The van der Waals surface area contributed by atoms with Gasteiger partial charge in [-0.3, -0.25) is 9.59 Å². The van der Waals surface area contributed by atoms with E-state index in [1.807, 2.05) is 0 Å². The topological polar surface area (TPSA) is 92.3 Å². The van der Waals surface area contributed by atoms with Gasteiger partial charge in [-0.15, -0.1) is 0 Å². The maximum absolute atomic E-state index is 11.6. The molecule has 2 N–H and O–H groups in total. The fourth-order valence-electron chi connectivity index (χ4n) is 2.04. The van der Waals surface area contributed by atoms with Crippen LogP contribution in [0.3, 0.4) is 0 Å². The van der Waals surface area contributed by atoms with Crippen LogP contribution >= 0.6 is 12.2 Å². The molecule has 0 radical (unpaired) electrons. The van der Waals surface area contributed by atoms with E-state index in [4.69, 9.17) is 0 Å². The van der Waals surface area contributed by atoms with Crippen LogP contribution in [0.2, 0.25) is 0 Å². The van der Waals surface area contributed by atoms with Crippen molar-refractivity contribution in [2.45, 2.75) is 6.42 Å². The molecule has 16 heavy (non-hydrogen) atoms. The molecular formula is C8H10N2O4S2. The van der Waals surface area contributed by atoms with Crippen molar-refractivity contribution in [3.63, 3.8) is 0 Å². The van der Waals surface area contributed by atoms with Crippen molar-refractivity contribution in [2.75, 3.05) is 11.5 Å². The summed E-state index contributed by atoms with van der Waals surface area (Å²) in [7, 11) is -3.10. The van der Waals surface area contributed by atoms with Crippen molar-refractivity contribution in [2.24, 2.45) is 11.8 Å². The summed E-state index contributed by atoms with van der Waals surface area (Å²) in [5.41, 5.74) is 0. The van der Waals surface area contributed by atoms with E-state index >= 15 is 0 Å². The summed E-state index contributed by atoms with van der Waals surface area (Å²) in [5, 5.41) is 4.64. The van der Waals surface area contributed by atoms with Crippen molar-refractivity contribution in [3.8, 4) is 0 Å². The van der Waals surface area contributed by atoms with Gasteiger partial charge in [0.1, 0.15) is 5.92 Å². The van der Waals surface area contributed by atoms with E-state index in [1.165, 1.54) is 0 Å². The SMILES string of the molecule is O=C1NC(=S)NC(=O)C1[C@@H]1CCS(=O)(=O)C1. The normalized spacial score (nSPS) is 30.0. The highest BCUT2D eigenvalue weighted by atomic mass is 32.2. The summed E-state index contributed by atoms with van der Waals surface area (Å²) >= 11 is 4.65. The Hall–Kier alpha value is -1.02. The summed E-state index contributed by atoms with van der Waals surface area (Å²) in [6.45, 7) is 0. The van der Waals surface area contributed by atoms with Crippen LogP contribution in [0.25, 0.3) is 0 Å². The minimum Gasteiger partial charge on any atom is -0.302 e. The van der Waals surface area contributed by atoms with Crippen molar-refractivity contribution in [3.05, 3.63) is 0 Å². The van der Waals surface area contributed by atoms with Gasteiger partial charge < -0.3 is 10.6 Å². The lowest BCUT2D eigenvalue weighted by molar-refractivity contribution is -0.137. The third-order valence-corrected chi connectivity index (χ3v) is 4.78. The van der Waals surface area contributed by atoms with Crippen molar-refractivity contribution < 1.29 is 18.0 Å². The molecule has 2 amide bonds. The van der Waals surface area contributed by atoms with Crippen molar-refractivity contribution >= 4 is 39.0 Å². The number of hydrogen-bond donors (Lipinski definition) is 2. The van der Waals surface area contributed by atoms with Gasteiger partial charge in [0.05, 0.1) is 11.5 Å². The third-order valence-electron chi connectivity index (χ3n) is 2.78. The zero-order chi connectivity index (χ0) is 11.9. The first-order chi connectivity index (χ1) is 7.39. The van der Waals surface area contributed by atoms with Gasteiger partial charge in [0.2, 0.25) is 11.8 Å². The van der Waals surface area contributed by atoms with E-state index in [9.17, 15) is 18.0 Å². The zero-order valence-corrected chi connectivity index (χ0v) is 9.86. The molecule has 0 saturated carbocycles. The molecule has 8 heteroatoms. The van der Waals surface area contributed by atoms with E-state index in [1.54, 1.807) is 0 Å². The average molecular weight is 262 g/mol. The van der Waals surface area contributed by atoms with E-state index < -0.39 is 33.5 Å². The van der Waals surface area contributed by atoms with E-state index in [0.29, 0.717) is 6.42 Å². The largest absolute Gasteiger partial charge is 0.302 e. The second-order valence-electron chi connectivity index (χ2n) is 3.95. The van der Waals surface area contributed by atoms with E-state index in [-0.39, 0.29) is 16.6 Å². The molecule has 0 bridgehead atoms. The molecule has 0 aromatic rings. The Labute approximate surface area is 97.7 Å². The van der Waals surface area contributed by atoms with Crippen LogP contribution in [0.15, 0.2) is 0 Å². The smallest absolute Gasteiger partial charge is 0.239 e.